The second-order valence-electron chi connectivity index (χ2n) is 5.03. The first kappa shape index (κ1) is 16.9. The second kappa shape index (κ2) is 7.31. The fourth-order valence-corrected chi connectivity index (χ4v) is 2.31. The van der Waals surface area contributed by atoms with E-state index in [1.54, 1.807) is 0 Å². The van der Waals surface area contributed by atoms with Gasteiger partial charge < -0.3 is 4.74 Å². The summed E-state index contributed by atoms with van der Waals surface area (Å²) in [5.74, 6) is -1.45. The number of ketones is 1. The van der Waals surface area contributed by atoms with Gasteiger partial charge in [0.25, 0.3) is 0 Å². The molecular weight excluding hydrogens is 352 g/mol. The number of nitrogens with zero attached hydrogens (tertiary/aromatic N) is 3. The highest BCUT2D eigenvalue weighted by Crippen LogP contribution is 2.26. The zero-order valence-corrected chi connectivity index (χ0v) is 13.4. The molecule has 8 heteroatoms. The van der Waals surface area contributed by atoms with E-state index in [0.717, 1.165) is 6.20 Å². The third-order valence-electron chi connectivity index (χ3n) is 3.18. The number of carbonyl (C=O) groups is 1. The van der Waals surface area contributed by atoms with E-state index in [1.807, 2.05) is 0 Å². The molecule has 0 spiro atoms. The van der Waals surface area contributed by atoms with Gasteiger partial charge >= 0.3 is 0 Å². The number of hydrogen-bond donors (Lipinski definition) is 0. The molecule has 0 fully saturated rings. The summed E-state index contributed by atoms with van der Waals surface area (Å²) in [7, 11) is 0. The molecule has 2 aromatic heterocycles. The highest BCUT2D eigenvalue weighted by atomic mass is 35.5. The third-order valence-corrected chi connectivity index (χ3v) is 3.40. The molecule has 0 bridgehead atoms. The van der Waals surface area contributed by atoms with E-state index < -0.39 is 17.4 Å². The maximum absolute atomic E-state index is 13.7. The number of ether oxygens (including phenoxy) is 1. The van der Waals surface area contributed by atoms with Crippen LogP contribution in [0, 0.1) is 11.6 Å². The van der Waals surface area contributed by atoms with Crippen molar-refractivity contribution in [2.45, 2.75) is 6.42 Å². The first-order chi connectivity index (χ1) is 12.0. The molecule has 3 aromatic rings. The number of halogens is 3. The van der Waals surface area contributed by atoms with Crippen LogP contribution in [0.15, 0.2) is 49.2 Å². The average Bonchev–Trinajstić information content (AvgIpc) is 2.57. The number of pyridine rings is 1. The maximum Gasteiger partial charge on any atom is 0.169 e. The molecule has 0 saturated carbocycles. The Kier molecular flexibility index (Phi) is 4.95. The predicted octanol–water partition coefficient (Wildman–Crippen LogP) is 4.02. The fraction of sp³-hybridized carbons (Fsp3) is 0.0588. The molecular formula is C17H10ClF2N3O2. The summed E-state index contributed by atoms with van der Waals surface area (Å²) in [5, 5.41) is 0.269. The van der Waals surface area contributed by atoms with Gasteiger partial charge in [-0.3, -0.25) is 9.78 Å². The smallest absolute Gasteiger partial charge is 0.169 e. The van der Waals surface area contributed by atoms with Crippen LogP contribution < -0.4 is 4.74 Å². The molecule has 0 saturated heterocycles. The Bertz CT molecular complexity index is 923. The Morgan fingerprint density at radius 2 is 1.80 bits per heavy atom. The quantitative estimate of drug-likeness (QED) is 0.642. The molecule has 2 heterocycles. The summed E-state index contributed by atoms with van der Waals surface area (Å²) in [4.78, 5) is 23.6. The minimum Gasteiger partial charge on any atom is -0.454 e. The monoisotopic (exact) mass is 361 g/mol. The third kappa shape index (κ3) is 4.33. The molecule has 0 N–H and O–H groups in total. The van der Waals surface area contributed by atoms with Gasteiger partial charge in [0.2, 0.25) is 0 Å². The minimum atomic E-state index is -0.881. The van der Waals surface area contributed by atoms with Gasteiger partial charge in [0, 0.05) is 16.7 Å². The Hall–Kier alpha value is -2.93. The molecule has 126 valence electrons. The zero-order chi connectivity index (χ0) is 17.8. The van der Waals surface area contributed by atoms with E-state index in [2.05, 4.69) is 15.0 Å². The van der Waals surface area contributed by atoms with E-state index in [9.17, 15) is 13.6 Å². The van der Waals surface area contributed by atoms with Crippen LogP contribution in [0.4, 0.5) is 8.78 Å². The van der Waals surface area contributed by atoms with Crippen LogP contribution in [0.2, 0.25) is 5.02 Å². The molecule has 0 aliphatic carbocycles. The predicted molar refractivity (Wildman–Crippen MR) is 85.7 cm³/mol. The van der Waals surface area contributed by atoms with Gasteiger partial charge in [0.15, 0.2) is 11.5 Å². The lowest BCUT2D eigenvalue weighted by Gasteiger charge is -2.08. The van der Waals surface area contributed by atoms with Crippen molar-refractivity contribution in [3.63, 3.8) is 0 Å². The van der Waals surface area contributed by atoms with Crippen LogP contribution in [0.1, 0.15) is 16.1 Å². The number of carbonyl (C=O) groups excluding carboxylic acids is 1. The van der Waals surface area contributed by atoms with Gasteiger partial charge in [-0.25, -0.2) is 18.7 Å². The number of rotatable bonds is 5. The molecule has 3 rings (SSSR count). The first-order valence-corrected chi connectivity index (χ1v) is 7.45. The molecule has 0 aliphatic heterocycles. The standard InChI is InChI=1S/C17H10ClF2N3O2/c18-11-1-10(2-13(3-11)25-14-7-21-9-22-8-14)17(24)5-16-15(20)4-12(19)6-23-16/h1-4,6-9H,5H2. The van der Waals surface area contributed by atoms with Gasteiger partial charge in [0.05, 0.1) is 30.7 Å². The van der Waals surface area contributed by atoms with Crippen LogP contribution >= 0.6 is 11.6 Å². The van der Waals surface area contributed by atoms with E-state index in [1.165, 1.54) is 36.9 Å². The van der Waals surface area contributed by atoms with Crippen molar-refractivity contribution < 1.29 is 18.3 Å². The lowest BCUT2D eigenvalue weighted by molar-refractivity contribution is 0.0990. The van der Waals surface area contributed by atoms with Gasteiger partial charge in [-0.2, -0.15) is 0 Å². The fourth-order valence-electron chi connectivity index (χ4n) is 2.08. The topological polar surface area (TPSA) is 65.0 Å². The van der Waals surface area contributed by atoms with Crippen LogP contribution in [-0.4, -0.2) is 20.7 Å². The second-order valence-corrected chi connectivity index (χ2v) is 5.47. The summed E-state index contributed by atoms with van der Waals surface area (Å²) in [6, 6.07) is 5.09. The van der Waals surface area contributed by atoms with Crippen LogP contribution in [0.3, 0.4) is 0 Å². The molecule has 0 unspecified atom stereocenters. The summed E-state index contributed by atoms with van der Waals surface area (Å²) >= 11 is 6.01. The van der Waals surface area contributed by atoms with Gasteiger partial charge in [-0.1, -0.05) is 11.6 Å². The van der Waals surface area contributed by atoms with Crippen molar-refractivity contribution in [2.75, 3.05) is 0 Å². The summed E-state index contributed by atoms with van der Waals surface area (Å²) in [5.41, 5.74) is 0.0650. The van der Waals surface area contributed by atoms with Crippen LogP contribution in [-0.2, 0) is 6.42 Å². The average molecular weight is 362 g/mol. The molecule has 0 atom stereocenters. The van der Waals surface area contributed by atoms with Crippen molar-refractivity contribution in [3.8, 4) is 11.5 Å². The SMILES string of the molecule is O=C(Cc1ncc(F)cc1F)c1cc(Cl)cc(Oc2cncnc2)c1. The molecule has 0 radical (unpaired) electrons. The van der Waals surface area contributed by atoms with E-state index in [4.69, 9.17) is 16.3 Å². The summed E-state index contributed by atoms with van der Waals surface area (Å²) < 4.78 is 32.1. The Balaban J connectivity index is 1.82. The first-order valence-electron chi connectivity index (χ1n) is 7.08. The van der Waals surface area contributed by atoms with Crippen molar-refractivity contribution in [3.05, 3.63) is 77.1 Å². The van der Waals surface area contributed by atoms with Gasteiger partial charge in [-0.15, -0.1) is 0 Å². The van der Waals surface area contributed by atoms with E-state index in [0.29, 0.717) is 17.6 Å². The van der Waals surface area contributed by atoms with Gasteiger partial charge in [0.1, 0.15) is 23.7 Å². The lowest BCUT2D eigenvalue weighted by atomic mass is 10.1. The van der Waals surface area contributed by atoms with E-state index in [-0.39, 0.29) is 22.7 Å². The normalized spacial score (nSPS) is 10.5. The number of aromatic nitrogens is 3. The summed E-state index contributed by atoms with van der Waals surface area (Å²) in [6.07, 6.45) is 4.78. The number of hydrogen-bond acceptors (Lipinski definition) is 5. The van der Waals surface area contributed by atoms with Crippen molar-refractivity contribution in [2.24, 2.45) is 0 Å². The Morgan fingerprint density at radius 3 is 2.52 bits per heavy atom. The summed E-state index contributed by atoms with van der Waals surface area (Å²) in [6.45, 7) is 0. The highest BCUT2D eigenvalue weighted by molar-refractivity contribution is 6.31. The minimum absolute atomic E-state index is 0.148. The largest absolute Gasteiger partial charge is 0.454 e. The number of Topliss-reactive ketones (excluding diaryl/α,β-unsaturated/α-hetero) is 1. The maximum atomic E-state index is 13.7. The Morgan fingerprint density at radius 1 is 1.04 bits per heavy atom. The van der Waals surface area contributed by atoms with Crippen molar-refractivity contribution in [1.29, 1.82) is 0 Å². The molecule has 1 aromatic carbocycles. The molecule has 5 nitrogen and oxygen atoms in total. The van der Waals surface area contributed by atoms with E-state index >= 15 is 0 Å². The van der Waals surface area contributed by atoms with Gasteiger partial charge in [-0.05, 0) is 18.2 Å². The highest BCUT2D eigenvalue weighted by Gasteiger charge is 2.15. The van der Waals surface area contributed by atoms with Crippen molar-refractivity contribution in [1.82, 2.24) is 15.0 Å². The van der Waals surface area contributed by atoms with Crippen LogP contribution in [0.5, 0.6) is 11.5 Å². The Labute approximate surface area is 146 Å². The lowest BCUT2D eigenvalue weighted by Crippen LogP contribution is -2.08. The molecule has 0 aliphatic rings. The van der Waals surface area contributed by atoms with Crippen LogP contribution in [0.25, 0.3) is 0 Å². The number of benzene rings is 1. The molecule has 25 heavy (non-hydrogen) atoms. The molecule has 0 amide bonds. The zero-order valence-electron chi connectivity index (χ0n) is 12.6. The van der Waals surface area contributed by atoms with Crippen molar-refractivity contribution >= 4 is 17.4 Å².